The molecule has 0 spiro atoms. The van der Waals surface area contributed by atoms with Gasteiger partial charge < -0.3 is 5.11 Å². The summed E-state index contributed by atoms with van der Waals surface area (Å²) in [7, 11) is 0. The third kappa shape index (κ3) is 2.48. The van der Waals surface area contributed by atoms with Gasteiger partial charge in [-0.3, -0.25) is 9.36 Å². The molecule has 4 nitrogen and oxygen atoms in total. The SMILES string of the molecule is O=C(O)c1cccc(=O)n1Cc1sccc1Br. The van der Waals surface area contributed by atoms with Crippen molar-refractivity contribution in [3.8, 4) is 0 Å². The van der Waals surface area contributed by atoms with Crippen molar-refractivity contribution in [2.45, 2.75) is 6.54 Å². The maximum atomic E-state index is 11.7. The lowest BCUT2D eigenvalue weighted by Gasteiger charge is -2.08. The molecule has 0 amide bonds. The molecule has 2 rings (SSSR count). The van der Waals surface area contributed by atoms with E-state index < -0.39 is 5.97 Å². The van der Waals surface area contributed by atoms with Crippen LogP contribution in [0.15, 0.2) is 38.9 Å². The molecule has 0 aliphatic heterocycles. The number of nitrogens with zero attached hydrogens (tertiary/aromatic N) is 1. The molecule has 1 N–H and O–H groups in total. The molecule has 0 aliphatic rings. The number of carbonyl (C=O) groups is 1. The molecular formula is C11H8BrNO3S. The summed E-state index contributed by atoms with van der Waals surface area (Å²) in [5.74, 6) is -1.10. The molecular weight excluding hydrogens is 306 g/mol. The van der Waals surface area contributed by atoms with Gasteiger partial charge in [0.15, 0.2) is 0 Å². The van der Waals surface area contributed by atoms with Crippen LogP contribution in [0.4, 0.5) is 0 Å². The second-order valence-corrected chi connectivity index (χ2v) is 5.19. The Bertz CT molecular complexity index is 617. The first-order valence-electron chi connectivity index (χ1n) is 4.74. The Morgan fingerprint density at radius 1 is 1.41 bits per heavy atom. The van der Waals surface area contributed by atoms with Crippen LogP contribution in [0.1, 0.15) is 15.4 Å². The van der Waals surface area contributed by atoms with Gasteiger partial charge in [0.25, 0.3) is 5.56 Å². The van der Waals surface area contributed by atoms with Crippen LogP contribution >= 0.6 is 27.3 Å². The minimum absolute atomic E-state index is 0.00204. The number of carboxylic acid groups (broad SMARTS) is 1. The van der Waals surface area contributed by atoms with Gasteiger partial charge in [0.2, 0.25) is 0 Å². The van der Waals surface area contributed by atoms with Crippen molar-refractivity contribution < 1.29 is 9.90 Å². The highest BCUT2D eigenvalue weighted by Crippen LogP contribution is 2.23. The minimum atomic E-state index is -1.10. The highest BCUT2D eigenvalue weighted by Gasteiger charge is 2.12. The van der Waals surface area contributed by atoms with E-state index in [1.807, 2.05) is 11.4 Å². The molecule has 2 aromatic rings. The standard InChI is InChI=1S/C11H8BrNO3S/c12-7-4-5-17-9(7)6-13-8(11(15)16)2-1-3-10(13)14/h1-5H,6H2,(H,15,16). The van der Waals surface area contributed by atoms with E-state index in [-0.39, 0.29) is 17.8 Å². The van der Waals surface area contributed by atoms with Crippen molar-refractivity contribution in [3.05, 3.63) is 55.0 Å². The largest absolute Gasteiger partial charge is 0.477 e. The first kappa shape index (κ1) is 12.1. The Balaban J connectivity index is 2.49. The van der Waals surface area contributed by atoms with Gasteiger partial charge >= 0.3 is 5.97 Å². The lowest BCUT2D eigenvalue weighted by Crippen LogP contribution is -2.25. The summed E-state index contributed by atoms with van der Waals surface area (Å²) in [5.41, 5.74) is -0.317. The Morgan fingerprint density at radius 3 is 2.76 bits per heavy atom. The van der Waals surface area contributed by atoms with Crippen LogP contribution in [0, 0.1) is 0 Å². The molecule has 0 aromatic carbocycles. The summed E-state index contributed by atoms with van der Waals surface area (Å²) in [6.45, 7) is 0.263. The van der Waals surface area contributed by atoms with Crippen molar-refractivity contribution in [2.24, 2.45) is 0 Å². The van der Waals surface area contributed by atoms with E-state index in [0.29, 0.717) is 0 Å². The Kier molecular flexibility index (Phi) is 3.44. The third-order valence-corrected chi connectivity index (χ3v) is 4.17. The van der Waals surface area contributed by atoms with E-state index in [2.05, 4.69) is 15.9 Å². The Labute approximate surface area is 109 Å². The predicted octanol–water partition coefficient (Wildman–Crippen LogP) is 2.42. The zero-order valence-corrected chi connectivity index (χ0v) is 11.0. The molecule has 0 saturated carbocycles. The molecule has 0 atom stereocenters. The van der Waals surface area contributed by atoms with E-state index >= 15 is 0 Å². The quantitative estimate of drug-likeness (QED) is 0.946. The normalized spacial score (nSPS) is 10.4. The van der Waals surface area contributed by atoms with E-state index in [0.717, 1.165) is 9.35 Å². The van der Waals surface area contributed by atoms with Gasteiger partial charge in [-0.15, -0.1) is 11.3 Å². The number of hydrogen-bond donors (Lipinski definition) is 1. The summed E-state index contributed by atoms with van der Waals surface area (Å²) in [5, 5.41) is 10.9. The fourth-order valence-electron chi connectivity index (χ4n) is 1.45. The summed E-state index contributed by atoms with van der Waals surface area (Å²) in [4.78, 5) is 23.6. The molecule has 17 heavy (non-hydrogen) atoms. The number of halogens is 1. The van der Waals surface area contributed by atoms with Gasteiger partial charge in [0.05, 0.1) is 6.54 Å². The van der Waals surface area contributed by atoms with Crippen LogP contribution in [0.2, 0.25) is 0 Å². The molecule has 88 valence electrons. The van der Waals surface area contributed by atoms with Gasteiger partial charge in [-0.05, 0) is 33.4 Å². The highest BCUT2D eigenvalue weighted by atomic mass is 79.9. The molecule has 0 radical (unpaired) electrons. The van der Waals surface area contributed by atoms with Crippen LogP contribution < -0.4 is 5.56 Å². The second-order valence-electron chi connectivity index (χ2n) is 3.33. The average molecular weight is 314 g/mol. The first-order valence-corrected chi connectivity index (χ1v) is 6.42. The molecule has 2 heterocycles. The van der Waals surface area contributed by atoms with Gasteiger partial charge in [-0.25, -0.2) is 4.79 Å². The van der Waals surface area contributed by atoms with Crippen molar-refractivity contribution in [3.63, 3.8) is 0 Å². The van der Waals surface area contributed by atoms with Crippen LogP contribution in [-0.4, -0.2) is 15.6 Å². The lowest BCUT2D eigenvalue weighted by atomic mass is 10.3. The van der Waals surface area contributed by atoms with Crippen LogP contribution in [0.5, 0.6) is 0 Å². The molecule has 2 aromatic heterocycles. The predicted molar refractivity (Wildman–Crippen MR) is 68.8 cm³/mol. The number of aromatic nitrogens is 1. The van der Waals surface area contributed by atoms with E-state index in [1.165, 1.54) is 34.1 Å². The highest BCUT2D eigenvalue weighted by molar-refractivity contribution is 9.10. The molecule has 0 bridgehead atoms. The zero-order valence-electron chi connectivity index (χ0n) is 8.59. The number of pyridine rings is 1. The number of carboxylic acids is 1. The Hall–Kier alpha value is -1.40. The Morgan fingerprint density at radius 2 is 2.18 bits per heavy atom. The number of thiophene rings is 1. The summed E-state index contributed by atoms with van der Waals surface area (Å²) in [6.07, 6.45) is 0. The van der Waals surface area contributed by atoms with Crippen LogP contribution in [-0.2, 0) is 6.54 Å². The fourth-order valence-corrected chi connectivity index (χ4v) is 2.92. The molecule has 0 unspecified atom stereocenters. The van der Waals surface area contributed by atoms with Gasteiger partial charge in [0.1, 0.15) is 5.69 Å². The maximum absolute atomic E-state index is 11.7. The van der Waals surface area contributed by atoms with E-state index in [1.54, 1.807) is 0 Å². The average Bonchev–Trinajstić information content (AvgIpc) is 2.67. The van der Waals surface area contributed by atoms with Crippen molar-refractivity contribution in [2.75, 3.05) is 0 Å². The smallest absolute Gasteiger partial charge is 0.352 e. The van der Waals surface area contributed by atoms with E-state index in [9.17, 15) is 9.59 Å². The molecule has 0 aliphatic carbocycles. The fraction of sp³-hybridized carbons (Fsp3) is 0.0909. The third-order valence-electron chi connectivity index (χ3n) is 2.26. The van der Waals surface area contributed by atoms with Crippen molar-refractivity contribution in [1.29, 1.82) is 0 Å². The van der Waals surface area contributed by atoms with E-state index in [4.69, 9.17) is 5.11 Å². The van der Waals surface area contributed by atoms with Crippen LogP contribution in [0.3, 0.4) is 0 Å². The van der Waals surface area contributed by atoms with Crippen molar-refractivity contribution >= 4 is 33.2 Å². The monoisotopic (exact) mass is 313 g/mol. The zero-order chi connectivity index (χ0) is 12.4. The van der Waals surface area contributed by atoms with Crippen molar-refractivity contribution in [1.82, 2.24) is 4.57 Å². The van der Waals surface area contributed by atoms with Crippen LogP contribution in [0.25, 0.3) is 0 Å². The minimum Gasteiger partial charge on any atom is -0.477 e. The van der Waals surface area contributed by atoms with Gasteiger partial charge in [-0.2, -0.15) is 0 Å². The second kappa shape index (κ2) is 4.85. The van der Waals surface area contributed by atoms with Gasteiger partial charge in [-0.1, -0.05) is 6.07 Å². The van der Waals surface area contributed by atoms with Gasteiger partial charge in [0, 0.05) is 15.4 Å². The number of aromatic carboxylic acids is 1. The summed E-state index contributed by atoms with van der Waals surface area (Å²) >= 11 is 4.83. The topological polar surface area (TPSA) is 59.3 Å². The molecule has 0 fully saturated rings. The first-order chi connectivity index (χ1) is 8.09. The lowest BCUT2D eigenvalue weighted by molar-refractivity contribution is 0.0684. The molecule has 6 heteroatoms. The maximum Gasteiger partial charge on any atom is 0.352 e. The molecule has 0 saturated heterocycles. The number of hydrogen-bond acceptors (Lipinski definition) is 3. The number of rotatable bonds is 3. The summed E-state index contributed by atoms with van der Waals surface area (Å²) in [6, 6.07) is 6.10. The summed E-state index contributed by atoms with van der Waals surface area (Å²) < 4.78 is 2.13.